The molecule has 0 bridgehead atoms. The van der Waals surface area contributed by atoms with E-state index in [9.17, 15) is 8.42 Å². The van der Waals surface area contributed by atoms with E-state index in [1.807, 2.05) is 32.9 Å². The molecule has 1 aliphatic carbocycles. The molecular formula is C15H23NO3S. The number of allylic oxidation sites excluding steroid dienone is 3. The molecular weight excluding hydrogens is 274 g/mol. The fraction of sp³-hybridized carbons (Fsp3) is 0.467. The molecule has 0 aromatic carbocycles. The van der Waals surface area contributed by atoms with Gasteiger partial charge < -0.3 is 4.42 Å². The molecule has 0 amide bonds. The van der Waals surface area contributed by atoms with Crippen LogP contribution in [-0.2, 0) is 10.0 Å². The minimum Gasteiger partial charge on any atom is -0.462 e. The first kappa shape index (κ1) is 16.7. The zero-order chi connectivity index (χ0) is 15.3. The van der Waals surface area contributed by atoms with Gasteiger partial charge in [-0.05, 0) is 43.5 Å². The van der Waals surface area contributed by atoms with Crippen molar-refractivity contribution >= 4 is 15.6 Å². The highest BCUT2D eigenvalue weighted by Gasteiger charge is 2.22. The van der Waals surface area contributed by atoms with Crippen LogP contribution in [0, 0.1) is 6.92 Å². The van der Waals surface area contributed by atoms with E-state index in [2.05, 4.69) is 0 Å². The van der Waals surface area contributed by atoms with Crippen molar-refractivity contribution < 1.29 is 12.8 Å². The number of sulfonamides is 1. The summed E-state index contributed by atoms with van der Waals surface area (Å²) in [5.41, 5.74) is 0.936. The van der Waals surface area contributed by atoms with E-state index in [1.165, 1.54) is 18.4 Å². The van der Waals surface area contributed by atoms with Gasteiger partial charge in [-0.2, -0.15) is 0 Å². The fourth-order valence-corrected chi connectivity index (χ4v) is 2.91. The Morgan fingerprint density at radius 2 is 1.85 bits per heavy atom. The Morgan fingerprint density at radius 1 is 1.20 bits per heavy atom. The molecule has 0 aliphatic heterocycles. The Morgan fingerprint density at radius 3 is 2.35 bits per heavy atom. The SMILES string of the molecule is CC.Cc1ccc(C2=CC(S(=O)(=O)N(C)C)=CCC2)o1. The lowest BCUT2D eigenvalue weighted by molar-refractivity contribution is 0.518. The van der Waals surface area contributed by atoms with Crippen LogP contribution in [0.5, 0.6) is 0 Å². The lowest BCUT2D eigenvalue weighted by Crippen LogP contribution is -2.23. The van der Waals surface area contributed by atoms with Crippen molar-refractivity contribution in [1.29, 1.82) is 0 Å². The van der Waals surface area contributed by atoms with Gasteiger partial charge in [-0.15, -0.1) is 0 Å². The van der Waals surface area contributed by atoms with Crippen molar-refractivity contribution in [2.45, 2.75) is 33.6 Å². The summed E-state index contributed by atoms with van der Waals surface area (Å²) in [6, 6.07) is 3.76. The summed E-state index contributed by atoms with van der Waals surface area (Å²) < 4.78 is 30.9. The number of nitrogens with zero attached hydrogens (tertiary/aromatic N) is 1. The van der Waals surface area contributed by atoms with Crippen molar-refractivity contribution in [1.82, 2.24) is 4.31 Å². The number of furan rings is 1. The van der Waals surface area contributed by atoms with Crippen LogP contribution in [0.25, 0.3) is 5.57 Å². The first-order valence-corrected chi connectivity index (χ1v) is 8.25. The Balaban J connectivity index is 0.000000956. The average Bonchev–Trinajstić information content (AvgIpc) is 2.88. The highest BCUT2D eigenvalue weighted by molar-refractivity contribution is 7.93. The number of aryl methyl sites for hydroxylation is 1. The van der Waals surface area contributed by atoms with Gasteiger partial charge in [-0.1, -0.05) is 19.9 Å². The zero-order valence-corrected chi connectivity index (χ0v) is 13.6. The lowest BCUT2D eigenvalue weighted by Gasteiger charge is -2.16. The summed E-state index contributed by atoms with van der Waals surface area (Å²) in [5, 5.41) is 0. The van der Waals surface area contributed by atoms with E-state index in [4.69, 9.17) is 4.42 Å². The maximum Gasteiger partial charge on any atom is 0.242 e. The van der Waals surface area contributed by atoms with Gasteiger partial charge in [0.15, 0.2) is 0 Å². The Labute approximate surface area is 121 Å². The maximum atomic E-state index is 12.0. The number of hydrogen-bond acceptors (Lipinski definition) is 3. The van der Waals surface area contributed by atoms with E-state index in [0.29, 0.717) is 11.3 Å². The summed E-state index contributed by atoms with van der Waals surface area (Å²) >= 11 is 0. The van der Waals surface area contributed by atoms with Gasteiger partial charge in [-0.25, -0.2) is 12.7 Å². The second-order valence-electron chi connectivity index (χ2n) is 4.51. The molecule has 4 nitrogen and oxygen atoms in total. The van der Waals surface area contributed by atoms with Crippen LogP contribution in [0.4, 0.5) is 0 Å². The van der Waals surface area contributed by atoms with E-state index < -0.39 is 10.0 Å². The van der Waals surface area contributed by atoms with Crippen molar-refractivity contribution in [3.63, 3.8) is 0 Å². The molecule has 0 unspecified atom stereocenters. The van der Waals surface area contributed by atoms with Crippen LogP contribution in [0.3, 0.4) is 0 Å². The van der Waals surface area contributed by atoms with Crippen molar-refractivity contribution in [3.05, 3.63) is 40.7 Å². The zero-order valence-electron chi connectivity index (χ0n) is 12.8. The quantitative estimate of drug-likeness (QED) is 0.857. The fourth-order valence-electron chi connectivity index (χ4n) is 1.86. The summed E-state index contributed by atoms with van der Waals surface area (Å²) in [6.07, 6.45) is 4.99. The van der Waals surface area contributed by atoms with E-state index in [1.54, 1.807) is 12.2 Å². The van der Waals surface area contributed by atoms with Crippen LogP contribution >= 0.6 is 0 Å². The first-order valence-electron chi connectivity index (χ1n) is 6.81. The van der Waals surface area contributed by atoms with Gasteiger partial charge in [0, 0.05) is 14.1 Å². The summed E-state index contributed by atoms with van der Waals surface area (Å²) in [4.78, 5) is 0.350. The molecule has 1 aromatic rings. The number of hydrogen-bond donors (Lipinski definition) is 0. The van der Waals surface area contributed by atoms with Crippen molar-refractivity contribution in [3.8, 4) is 0 Å². The van der Waals surface area contributed by atoms with Crippen molar-refractivity contribution in [2.75, 3.05) is 14.1 Å². The van der Waals surface area contributed by atoms with Gasteiger partial charge in [-0.3, -0.25) is 0 Å². The first-order chi connectivity index (χ1) is 9.41. The second kappa shape index (κ2) is 6.90. The van der Waals surface area contributed by atoms with Gasteiger partial charge in [0.1, 0.15) is 11.5 Å². The largest absolute Gasteiger partial charge is 0.462 e. The van der Waals surface area contributed by atoms with E-state index >= 15 is 0 Å². The summed E-state index contributed by atoms with van der Waals surface area (Å²) in [5.74, 6) is 1.59. The van der Waals surface area contributed by atoms with Crippen LogP contribution < -0.4 is 0 Å². The molecule has 1 aromatic heterocycles. The topological polar surface area (TPSA) is 50.5 Å². The van der Waals surface area contributed by atoms with E-state index in [-0.39, 0.29) is 0 Å². The van der Waals surface area contributed by atoms with Crippen LogP contribution in [0.15, 0.2) is 33.6 Å². The summed E-state index contributed by atoms with van der Waals surface area (Å²) in [7, 11) is -0.284. The molecule has 20 heavy (non-hydrogen) atoms. The van der Waals surface area contributed by atoms with Gasteiger partial charge in [0.2, 0.25) is 10.0 Å². The molecule has 2 rings (SSSR count). The highest BCUT2D eigenvalue weighted by Crippen LogP contribution is 2.30. The second-order valence-corrected chi connectivity index (χ2v) is 6.66. The molecule has 0 N–H and O–H groups in total. The Bertz CT molecular complexity index is 607. The summed E-state index contributed by atoms with van der Waals surface area (Å²) in [6.45, 7) is 5.88. The molecule has 0 saturated heterocycles. The molecule has 112 valence electrons. The molecule has 1 heterocycles. The minimum atomic E-state index is -3.36. The molecule has 0 atom stereocenters. The third kappa shape index (κ3) is 3.61. The van der Waals surface area contributed by atoms with Crippen LogP contribution in [0.1, 0.15) is 38.2 Å². The molecule has 1 aliphatic rings. The third-order valence-corrected chi connectivity index (χ3v) is 4.75. The molecule has 0 spiro atoms. The predicted octanol–water partition coefficient (Wildman–Crippen LogP) is 3.57. The van der Waals surface area contributed by atoms with Crippen molar-refractivity contribution in [2.24, 2.45) is 0 Å². The lowest BCUT2D eigenvalue weighted by atomic mass is 10.0. The monoisotopic (exact) mass is 297 g/mol. The molecule has 0 radical (unpaired) electrons. The Kier molecular flexibility index (Phi) is 5.77. The van der Waals surface area contributed by atoms with E-state index in [0.717, 1.165) is 23.5 Å². The number of rotatable bonds is 3. The highest BCUT2D eigenvalue weighted by atomic mass is 32.2. The smallest absolute Gasteiger partial charge is 0.242 e. The Hall–Kier alpha value is -1.33. The standard InChI is InChI=1S/C13H17NO3S.C2H6/c1-10-7-8-13(17-10)11-5-4-6-12(9-11)18(15,16)14(2)3;1-2/h6-9H,4-5H2,1-3H3;1-2H3. The third-order valence-electron chi connectivity index (χ3n) is 2.91. The minimum absolute atomic E-state index is 0.350. The van der Waals surface area contributed by atoms with Gasteiger partial charge >= 0.3 is 0 Å². The van der Waals surface area contributed by atoms with Crippen LogP contribution in [-0.4, -0.2) is 26.8 Å². The van der Waals surface area contributed by atoms with Gasteiger partial charge in [0.05, 0.1) is 4.91 Å². The average molecular weight is 297 g/mol. The van der Waals surface area contributed by atoms with Gasteiger partial charge in [0.25, 0.3) is 0 Å². The predicted molar refractivity (Wildman–Crippen MR) is 82.7 cm³/mol. The molecule has 5 heteroatoms. The molecule has 0 fully saturated rings. The normalized spacial score (nSPS) is 15.3. The maximum absolute atomic E-state index is 12.0. The molecule has 0 saturated carbocycles. The van der Waals surface area contributed by atoms with Crippen LogP contribution in [0.2, 0.25) is 0 Å².